The fourth-order valence-electron chi connectivity index (χ4n) is 5.27. The van der Waals surface area contributed by atoms with Crippen molar-refractivity contribution in [2.75, 3.05) is 5.32 Å². The molecule has 0 radical (unpaired) electrons. The lowest BCUT2D eigenvalue weighted by Crippen LogP contribution is -2.41. The van der Waals surface area contributed by atoms with Gasteiger partial charge in [-0.25, -0.2) is 14.8 Å². The third-order valence-corrected chi connectivity index (χ3v) is 7.53. The number of aromatic nitrogens is 2. The monoisotopic (exact) mass is 575 g/mol. The number of benzene rings is 1. The molecule has 5 rings (SSSR count). The molecule has 1 saturated carbocycles. The van der Waals surface area contributed by atoms with Crippen molar-refractivity contribution in [1.29, 1.82) is 0 Å². The molecule has 3 aliphatic rings. The Balaban J connectivity index is 1.24. The van der Waals surface area contributed by atoms with Crippen molar-refractivity contribution in [2.24, 2.45) is 15.9 Å². The summed E-state index contributed by atoms with van der Waals surface area (Å²) in [7, 11) is 0. The number of rotatable bonds is 6. The number of halogens is 1. The zero-order chi connectivity index (χ0) is 28.8. The number of fused-ring (bicyclic) bond motifs is 3. The Morgan fingerprint density at radius 2 is 2.00 bits per heavy atom. The van der Waals surface area contributed by atoms with E-state index < -0.39 is 5.60 Å². The number of alkyl carbamates (subject to hydrolysis) is 1. The van der Waals surface area contributed by atoms with Gasteiger partial charge in [-0.3, -0.25) is 9.98 Å². The number of amidine groups is 1. The average molecular weight is 576 g/mol. The molecule has 1 amide bonds. The maximum atomic E-state index is 12.1. The predicted molar refractivity (Wildman–Crippen MR) is 164 cm³/mol. The summed E-state index contributed by atoms with van der Waals surface area (Å²) in [4.78, 5) is 31.3. The molecule has 3 heterocycles. The van der Waals surface area contributed by atoms with E-state index >= 15 is 0 Å². The van der Waals surface area contributed by atoms with E-state index in [9.17, 15) is 4.79 Å². The van der Waals surface area contributed by atoms with Crippen LogP contribution in [0.1, 0.15) is 70.6 Å². The SMILES string of the molecule is CC(C)(C)OC(=O)NC1CCC(N=C2NC=CC3CCC2=NC=C3c2ccnc(NCc3cccc(Cl)c3)n2)CC1. The van der Waals surface area contributed by atoms with Gasteiger partial charge in [0.05, 0.1) is 17.4 Å². The van der Waals surface area contributed by atoms with Gasteiger partial charge in [-0.05, 0) is 89.3 Å². The maximum Gasteiger partial charge on any atom is 0.407 e. The minimum Gasteiger partial charge on any atom is -0.444 e. The van der Waals surface area contributed by atoms with Crippen molar-refractivity contribution >= 4 is 40.8 Å². The molecule has 1 fully saturated rings. The number of hydrogen-bond donors (Lipinski definition) is 3. The van der Waals surface area contributed by atoms with E-state index in [-0.39, 0.29) is 24.1 Å². The number of ether oxygens (including phenoxy) is 1. The number of carbonyl (C=O) groups is 1. The van der Waals surface area contributed by atoms with E-state index in [1.807, 2.05) is 63.5 Å². The lowest BCUT2D eigenvalue weighted by molar-refractivity contribution is 0.0491. The lowest BCUT2D eigenvalue weighted by atomic mass is 9.90. The number of amides is 1. The van der Waals surface area contributed by atoms with Crippen LogP contribution in [0.3, 0.4) is 0 Å². The number of nitrogens with zero attached hydrogens (tertiary/aromatic N) is 4. The lowest BCUT2D eigenvalue weighted by Gasteiger charge is -2.29. The molecule has 1 aliphatic carbocycles. The van der Waals surface area contributed by atoms with Crippen molar-refractivity contribution in [3.05, 3.63) is 71.3 Å². The first-order valence-electron chi connectivity index (χ1n) is 14.3. The van der Waals surface area contributed by atoms with Gasteiger partial charge in [0.2, 0.25) is 5.95 Å². The van der Waals surface area contributed by atoms with Crippen LogP contribution in [-0.2, 0) is 11.3 Å². The molecule has 1 aromatic heterocycles. The predicted octanol–water partition coefficient (Wildman–Crippen LogP) is 6.29. The zero-order valence-electron chi connectivity index (χ0n) is 23.9. The molecule has 10 heteroatoms. The number of carbonyl (C=O) groups excluding carboxylic acids is 1. The molecule has 3 N–H and O–H groups in total. The number of nitrogens with one attached hydrogen (secondary N) is 3. The normalized spacial score (nSPS) is 23.4. The van der Waals surface area contributed by atoms with Crippen LogP contribution in [0.15, 0.2) is 65.0 Å². The van der Waals surface area contributed by atoms with Gasteiger partial charge in [0.1, 0.15) is 11.4 Å². The third kappa shape index (κ3) is 8.16. The molecule has 2 aliphatic heterocycles. The number of hydrogen-bond acceptors (Lipinski definition) is 7. The van der Waals surface area contributed by atoms with E-state index in [4.69, 9.17) is 31.3 Å². The summed E-state index contributed by atoms with van der Waals surface area (Å²) in [5.41, 5.74) is 3.43. The van der Waals surface area contributed by atoms with Gasteiger partial charge in [0.25, 0.3) is 0 Å². The summed E-state index contributed by atoms with van der Waals surface area (Å²) in [5.74, 6) is 1.56. The van der Waals surface area contributed by atoms with Crippen LogP contribution in [0.5, 0.6) is 0 Å². The molecular formula is C31H38ClN7O2. The van der Waals surface area contributed by atoms with Crippen molar-refractivity contribution < 1.29 is 9.53 Å². The Labute approximate surface area is 246 Å². The third-order valence-electron chi connectivity index (χ3n) is 7.29. The highest BCUT2D eigenvalue weighted by molar-refractivity contribution is 6.42. The topological polar surface area (TPSA) is 113 Å². The highest BCUT2D eigenvalue weighted by atomic mass is 35.5. The van der Waals surface area contributed by atoms with Crippen LogP contribution in [-0.4, -0.2) is 45.3 Å². The van der Waals surface area contributed by atoms with Gasteiger partial charge in [-0.15, -0.1) is 0 Å². The van der Waals surface area contributed by atoms with Gasteiger partial charge in [0, 0.05) is 41.5 Å². The summed E-state index contributed by atoms with van der Waals surface area (Å²) >= 11 is 6.12. The van der Waals surface area contributed by atoms with Crippen LogP contribution >= 0.6 is 11.6 Å². The van der Waals surface area contributed by atoms with Crippen molar-refractivity contribution in [3.63, 3.8) is 0 Å². The van der Waals surface area contributed by atoms with Crippen molar-refractivity contribution in [1.82, 2.24) is 20.6 Å². The second-order valence-corrected chi connectivity index (χ2v) is 12.1. The highest BCUT2D eigenvalue weighted by Gasteiger charge is 2.27. The molecule has 41 heavy (non-hydrogen) atoms. The Morgan fingerprint density at radius 1 is 1.17 bits per heavy atom. The first-order chi connectivity index (χ1) is 19.7. The summed E-state index contributed by atoms with van der Waals surface area (Å²) in [6.45, 7) is 6.20. The Morgan fingerprint density at radius 3 is 2.78 bits per heavy atom. The second-order valence-electron chi connectivity index (χ2n) is 11.7. The van der Waals surface area contributed by atoms with Crippen molar-refractivity contribution in [2.45, 2.75) is 83.5 Å². The van der Waals surface area contributed by atoms with Gasteiger partial charge in [0.15, 0.2) is 0 Å². The van der Waals surface area contributed by atoms with Crippen LogP contribution < -0.4 is 16.0 Å². The maximum absolute atomic E-state index is 12.1. The zero-order valence-corrected chi connectivity index (χ0v) is 24.6. The minimum absolute atomic E-state index is 0.116. The molecule has 2 aromatic rings. The molecule has 1 atom stereocenters. The molecule has 216 valence electrons. The van der Waals surface area contributed by atoms with Crippen LogP contribution in [0.2, 0.25) is 5.02 Å². The first kappa shape index (κ1) is 28.8. The van der Waals surface area contributed by atoms with Crippen molar-refractivity contribution in [3.8, 4) is 0 Å². The van der Waals surface area contributed by atoms with E-state index in [2.05, 4.69) is 27.0 Å². The summed E-state index contributed by atoms with van der Waals surface area (Å²) in [6, 6.07) is 9.97. The Hall–Kier alpha value is -3.72. The van der Waals surface area contributed by atoms with E-state index in [0.717, 1.165) is 66.9 Å². The molecule has 1 aromatic carbocycles. The average Bonchev–Trinajstić information content (AvgIpc) is 3.09. The summed E-state index contributed by atoms with van der Waals surface area (Å²) in [6.07, 6.45) is 12.8. The summed E-state index contributed by atoms with van der Waals surface area (Å²) in [5, 5.41) is 10.4. The largest absolute Gasteiger partial charge is 0.444 e. The Bertz CT molecular complexity index is 1370. The number of anilines is 1. The number of allylic oxidation sites excluding steroid dienone is 2. The van der Waals surface area contributed by atoms with E-state index in [1.165, 1.54) is 0 Å². The fourth-order valence-corrected chi connectivity index (χ4v) is 5.48. The standard InChI is InChI=1S/C31H38ClN7O2/c1-31(2,3)41-30(40)38-24-10-8-23(9-11-24)37-28-27-12-7-21(13-15-33-28)25(19-35-27)26-14-16-34-29(39-26)36-18-20-5-4-6-22(32)17-20/h4-6,13-17,19,21,23-24H,7-12,18H2,1-3H3,(H,33,37)(H,38,40)(H,34,36,39). The number of aliphatic imine (C=N–C) groups is 2. The fraction of sp³-hybridized carbons (Fsp3) is 0.452. The Kier molecular flexibility index (Phi) is 9.03. The highest BCUT2D eigenvalue weighted by Crippen LogP contribution is 2.31. The molecule has 1 unspecified atom stereocenters. The van der Waals surface area contributed by atoms with E-state index in [0.29, 0.717) is 17.5 Å². The van der Waals surface area contributed by atoms with Gasteiger partial charge in [-0.1, -0.05) is 29.8 Å². The minimum atomic E-state index is -0.498. The molecule has 0 saturated heterocycles. The van der Waals surface area contributed by atoms with Crippen LogP contribution in [0, 0.1) is 5.92 Å². The first-order valence-corrected chi connectivity index (χ1v) is 14.7. The quantitative estimate of drug-likeness (QED) is 0.373. The second kappa shape index (κ2) is 12.9. The van der Waals surface area contributed by atoms with E-state index in [1.54, 1.807) is 6.20 Å². The molecule has 9 nitrogen and oxygen atoms in total. The van der Waals surface area contributed by atoms with Crippen LogP contribution in [0.4, 0.5) is 10.7 Å². The van der Waals surface area contributed by atoms with Gasteiger partial charge < -0.3 is 20.7 Å². The molecule has 0 spiro atoms. The van der Waals surface area contributed by atoms with Gasteiger partial charge >= 0.3 is 6.09 Å². The smallest absolute Gasteiger partial charge is 0.407 e. The van der Waals surface area contributed by atoms with Gasteiger partial charge in [-0.2, -0.15) is 0 Å². The summed E-state index contributed by atoms with van der Waals surface area (Å²) < 4.78 is 5.41. The van der Waals surface area contributed by atoms with Crippen LogP contribution in [0.25, 0.3) is 5.57 Å². The molecular weight excluding hydrogens is 538 g/mol. The molecule has 2 bridgehead atoms.